The molecule has 19 heteroatoms. The fraction of sp³-hybridized carbons (Fsp3) is 0.308. The van der Waals surface area contributed by atoms with Gasteiger partial charge in [0, 0.05) is 0 Å². The Morgan fingerprint density at radius 3 is 1.81 bits per heavy atom. The molecule has 0 saturated carbocycles. The van der Waals surface area contributed by atoms with Crippen LogP contribution in [0.5, 0.6) is 0 Å². The highest BCUT2D eigenvalue weighted by Crippen LogP contribution is 2.36. The highest BCUT2D eigenvalue weighted by molar-refractivity contribution is 7.85. The minimum Gasteiger partial charge on any atom is -0.377 e. The topological polar surface area (TPSA) is 280 Å². The summed E-state index contributed by atoms with van der Waals surface area (Å²) in [6.45, 7) is 1.31. The monoisotopic (exact) mass is 519 g/mol. The molecule has 2 atom stereocenters. The largest absolute Gasteiger partial charge is 0.382 e. The summed E-state index contributed by atoms with van der Waals surface area (Å²) in [6, 6.07) is 5.02. The van der Waals surface area contributed by atoms with Gasteiger partial charge in [-0.05, 0) is 18.1 Å². The van der Waals surface area contributed by atoms with Crippen LogP contribution in [0.25, 0.3) is 0 Å². The van der Waals surface area contributed by atoms with Gasteiger partial charge in [-0.25, -0.2) is 4.79 Å². The van der Waals surface area contributed by atoms with Crippen molar-refractivity contribution in [2.45, 2.75) is 24.9 Å². The Morgan fingerprint density at radius 2 is 1.38 bits per heavy atom. The van der Waals surface area contributed by atoms with E-state index in [1.807, 2.05) is 0 Å². The van der Waals surface area contributed by atoms with Crippen LogP contribution in [0.1, 0.15) is 23.5 Å². The quantitative estimate of drug-likeness (QED) is 0.246. The van der Waals surface area contributed by atoms with E-state index in [-0.39, 0.29) is 11.1 Å². The van der Waals surface area contributed by atoms with Crippen molar-refractivity contribution in [1.82, 2.24) is 0 Å². The van der Waals surface area contributed by atoms with Crippen LogP contribution in [-0.4, -0.2) is 53.9 Å². The molecule has 2 unspecified atom stereocenters. The van der Waals surface area contributed by atoms with Gasteiger partial charge in [0.25, 0.3) is 0 Å². The summed E-state index contributed by atoms with van der Waals surface area (Å²) in [5.74, 6) is -8.75. The molecule has 0 aromatic heterocycles. The molecule has 0 aliphatic rings. The van der Waals surface area contributed by atoms with E-state index in [1.165, 1.54) is 25.1 Å². The molecule has 180 valence electrons. The molecule has 1 aromatic rings. The highest BCUT2D eigenvalue weighted by Gasteiger charge is 2.55. The number of hydrogen-bond acceptors (Lipinski definition) is 13. The van der Waals surface area contributed by atoms with Gasteiger partial charge in [0.15, 0.2) is 5.60 Å². The van der Waals surface area contributed by atoms with Gasteiger partial charge in [-0.15, -0.1) is 0 Å². The van der Waals surface area contributed by atoms with Crippen LogP contribution in [-0.2, 0) is 57.8 Å². The van der Waals surface area contributed by atoms with Crippen LogP contribution < -0.4 is 15.4 Å². The summed E-state index contributed by atoms with van der Waals surface area (Å²) >= 11 is 0. The number of rotatable bonds is 9. The van der Waals surface area contributed by atoms with Crippen molar-refractivity contribution in [1.29, 1.82) is 0 Å². The number of aliphatic hydroxyl groups is 1. The zero-order valence-electron chi connectivity index (χ0n) is 15.9. The zero-order chi connectivity index (χ0) is 25.1. The molecule has 0 heterocycles. The first-order valence-corrected chi connectivity index (χ1v) is 12.2. The van der Waals surface area contributed by atoms with Crippen LogP contribution in [0.4, 0.5) is 0 Å². The Morgan fingerprint density at radius 1 is 0.906 bits per heavy atom. The second-order valence-electron chi connectivity index (χ2n) is 6.10. The number of carbonyl (C=O) groups is 3. The molecular weight excluding hydrogens is 502 g/mol. The lowest BCUT2D eigenvalue weighted by molar-refractivity contribution is -0.169. The number of benzene rings is 1. The standard InChI is InChI=1S/C13H17N3O13S3/c1-7-4-2-3-5-8(7)10(11(18)28-31(15,23)24)13(20,12(19)29-32(16,25)26)6-9(17)27-30(14,21)22/h2-5,10,20H,6H2,1H3,(H2,14,21,22)(H2,15,23,24)(H2,16,25,26). The van der Waals surface area contributed by atoms with Crippen molar-refractivity contribution < 1.29 is 57.3 Å². The van der Waals surface area contributed by atoms with Crippen LogP contribution in [0.3, 0.4) is 0 Å². The summed E-state index contributed by atoms with van der Waals surface area (Å²) in [5, 5.41) is 24.7. The summed E-state index contributed by atoms with van der Waals surface area (Å²) in [4.78, 5) is 37.0. The lowest BCUT2D eigenvalue weighted by atomic mass is 9.78. The SMILES string of the molecule is Cc1ccccc1C(C(=O)OS(N)(=O)=O)C(O)(CC(=O)OS(N)(=O)=O)C(=O)OS(N)(=O)=O. The Labute approximate surface area is 182 Å². The fourth-order valence-electron chi connectivity index (χ4n) is 2.50. The van der Waals surface area contributed by atoms with E-state index in [1.54, 1.807) is 0 Å². The third-order valence-electron chi connectivity index (χ3n) is 3.58. The molecule has 0 bridgehead atoms. The molecule has 7 N–H and O–H groups in total. The Balaban J connectivity index is 3.78. The molecule has 1 rings (SSSR count). The molecule has 0 amide bonds. The highest BCUT2D eigenvalue weighted by atomic mass is 32.2. The summed E-state index contributed by atoms with van der Waals surface area (Å²) < 4.78 is 78.4. The minimum atomic E-state index is -5.16. The van der Waals surface area contributed by atoms with Crippen LogP contribution in [0, 0.1) is 6.92 Å². The predicted molar refractivity (Wildman–Crippen MR) is 101 cm³/mol. The molecule has 0 spiro atoms. The molecule has 16 nitrogen and oxygen atoms in total. The molecule has 0 aliphatic heterocycles. The lowest BCUT2D eigenvalue weighted by Gasteiger charge is -2.31. The van der Waals surface area contributed by atoms with Gasteiger partial charge in [0.2, 0.25) is 0 Å². The number of aryl methyl sites for hydroxylation is 1. The van der Waals surface area contributed by atoms with E-state index >= 15 is 0 Å². The van der Waals surface area contributed by atoms with E-state index in [2.05, 4.69) is 28.0 Å². The van der Waals surface area contributed by atoms with Crippen molar-refractivity contribution in [2.24, 2.45) is 15.4 Å². The van der Waals surface area contributed by atoms with Crippen LogP contribution in [0.2, 0.25) is 0 Å². The molecular formula is C13H17N3O13S3. The van der Waals surface area contributed by atoms with Crippen molar-refractivity contribution in [3.05, 3.63) is 35.4 Å². The van der Waals surface area contributed by atoms with Gasteiger partial charge in [-0.3, -0.25) is 9.59 Å². The van der Waals surface area contributed by atoms with Crippen molar-refractivity contribution in [2.75, 3.05) is 0 Å². The zero-order valence-corrected chi connectivity index (χ0v) is 18.3. The van der Waals surface area contributed by atoms with Crippen LogP contribution in [0.15, 0.2) is 24.3 Å². The summed E-state index contributed by atoms with van der Waals surface area (Å²) in [7, 11) is -15.2. The Hall–Kier alpha value is -2.68. The fourth-order valence-corrected chi connectivity index (χ4v) is 3.50. The average Bonchev–Trinajstić information content (AvgIpc) is 2.51. The Kier molecular flexibility index (Phi) is 8.07. The first-order valence-electron chi connectivity index (χ1n) is 7.81. The molecule has 1 aromatic carbocycles. The van der Waals surface area contributed by atoms with Gasteiger partial charge in [0.1, 0.15) is 5.92 Å². The second kappa shape index (κ2) is 9.44. The molecule has 0 radical (unpaired) electrons. The van der Waals surface area contributed by atoms with Gasteiger partial charge in [-0.2, -0.15) is 40.7 Å². The Bertz CT molecular complexity index is 1240. The average molecular weight is 519 g/mol. The first kappa shape index (κ1) is 27.4. The summed E-state index contributed by atoms with van der Waals surface area (Å²) in [6.07, 6.45) is -1.80. The predicted octanol–water partition coefficient (Wildman–Crippen LogP) is -3.56. The maximum absolute atomic E-state index is 12.6. The molecule has 32 heavy (non-hydrogen) atoms. The molecule has 0 saturated heterocycles. The van der Waals surface area contributed by atoms with Gasteiger partial charge in [0.05, 0.1) is 6.42 Å². The van der Waals surface area contributed by atoms with E-state index in [0.29, 0.717) is 0 Å². The normalized spacial score (nSPS) is 15.2. The maximum atomic E-state index is 12.6. The molecule has 0 aliphatic carbocycles. The third-order valence-corrected chi connectivity index (χ3v) is 4.78. The van der Waals surface area contributed by atoms with Crippen molar-refractivity contribution >= 4 is 48.8 Å². The van der Waals surface area contributed by atoms with Crippen molar-refractivity contribution in [3.8, 4) is 0 Å². The number of hydrogen-bond donors (Lipinski definition) is 4. The van der Waals surface area contributed by atoms with E-state index < -0.39 is 66.8 Å². The lowest BCUT2D eigenvalue weighted by Crippen LogP contribution is -2.52. The number of nitrogens with two attached hydrogens (primary N) is 3. The van der Waals surface area contributed by atoms with Crippen LogP contribution >= 0.6 is 0 Å². The van der Waals surface area contributed by atoms with Gasteiger partial charge < -0.3 is 17.7 Å². The third kappa shape index (κ3) is 8.11. The van der Waals surface area contributed by atoms with Gasteiger partial charge >= 0.3 is 48.8 Å². The van der Waals surface area contributed by atoms with E-state index in [0.717, 1.165) is 6.07 Å². The minimum absolute atomic E-state index is 0.0884. The van der Waals surface area contributed by atoms with E-state index in [9.17, 15) is 44.7 Å². The second-order valence-corrected chi connectivity index (χ2v) is 9.55. The smallest absolute Gasteiger partial charge is 0.377 e. The maximum Gasteiger partial charge on any atom is 0.382 e. The van der Waals surface area contributed by atoms with E-state index in [4.69, 9.17) is 0 Å². The first-order chi connectivity index (χ1) is 14.3. The van der Waals surface area contributed by atoms with Crippen molar-refractivity contribution in [3.63, 3.8) is 0 Å². The number of carbonyl (C=O) groups excluding carboxylic acids is 3. The summed E-state index contributed by atoms with van der Waals surface area (Å²) in [5.41, 5.74) is -3.94. The molecule has 0 fully saturated rings. The van der Waals surface area contributed by atoms with Gasteiger partial charge in [-0.1, -0.05) is 24.3 Å².